The van der Waals surface area contributed by atoms with E-state index in [0.29, 0.717) is 6.54 Å². The zero-order valence-electron chi connectivity index (χ0n) is 20.5. The fraction of sp³-hybridized carbons (Fsp3) is 0.423. The van der Waals surface area contributed by atoms with Crippen LogP contribution in [0.4, 0.5) is 0 Å². The molecule has 184 valence electrons. The minimum Gasteiger partial charge on any atom is -0.355 e. The molecule has 0 saturated carbocycles. The van der Waals surface area contributed by atoms with Gasteiger partial charge in [-0.15, -0.1) is 34.2 Å². The molecule has 7 nitrogen and oxygen atoms in total. The molecular weight excluding hydrogens is 537 g/mol. The zero-order chi connectivity index (χ0) is 23.3. The smallest absolute Gasteiger partial charge is 0.191 e. The summed E-state index contributed by atoms with van der Waals surface area (Å²) < 4.78 is 2.09. The van der Waals surface area contributed by atoms with Crippen LogP contribution >= 0.6 is 24.0 Å². The van der Waals surface area contributed by atoms with Crippen LogP contribution in [0.15, 0.2) is 72.0 Å². The normalized spacial score (nSPS) is 12.3. The minimum atomic E-state index is 0. The van der Waals surface area contributed by atoms with Crippen molar-refractivity contribution in [3.63, 3.8) is 0 Å². The van der Waals surface area contributed by atoms with Crippen molar-refractivity contribution in [3.8, 4) is 0 Å². The van der Waals surface area contributed by atoms with Crippen LogP contribution in [0.1, 0.15) is 43.8 Å². The lowest BCUT2D eigenvalue weighted by Crippen LogP contribution is -2.44. The quantitative estimate of drug-likeness (QED) is 0.192. The van der Waals surface area contributed by atoms with Crippen molar-refractivity contribution in [2.75, 3.05) is 26.2 Å². The van der Waals surface area contributed by atoms with Crippen molar-refractivity contribution < 1.29 is 0 Å². The lowest BCUT2D eigenvalue weighted by Gasteiger charge is -2.31. The van der Waals surface area contributed by atoms with Gasteiger partial charge in [-0.2, -0.15) is 0 Å². The molecule has 0 aliphatic rings. The van der Waals surface area contributed by atoms with Gasteiger partial charge < -0.3 is 15.2 Å². The predicted octanol–water partition coefficient (Wildman–Crippen LogP) is 4.28. The molecular formula is C26H38IN7. The summed E-state index contributed by atoms with van der Waals surface area (Å²) in [6.07, 6.45) is 2.66. The predicted molar refractivity (Wildman–Crippen MR) is 151 cm³/mol. The summed E-state index contributed by atoms with van der Waals surface area (Å²) in [5, 5.41) is 15.3. The second kappa shape index (κ2) is 15.4. The van der Waals surface area contributed by atoms with Crippen LogP contribution in [0.2, 0.25) is 0 Å². The number of aliphatic imine (C=N–C) groups is 1. The van der Waals surface area contributed by atoms with Gasteiger partial charge in [0.2, 0.25) is 0 Å². The lowest BCUT2D eigenvalue weighted by molar-refractivity contribution is 0.219. The number of halogens is 1. The molecule has 0 saturated heterocycles. The SMILES string of the molecule is CCc1nncn1CCNC(=NCc1ccccc1)NCC(c1ccccc1)N(CC)CC.I. The molecule has 0 aliphatic carbocycles. The Morgan fingerprint density at radius 3 is 2.29 bits per heavy atom. The summed E-state index contributed by atoms with van der Waals surface area (Å²) in [4.78, 5) is 7.34. The number of nitrogens with one attached hydrogen (secondary N) is 2. The average Bonchev–Trinajstić information content (AvgIpc) is 3.33. The van der Waals surface area contributed by atoms with Gasteiger partial charge in [0.25, 0.3) is 0 Å². The third kappa shape index (κ3) is 8.39. The molecule has 2 N–H and O–H groups in total. The van der Waals surface area contributed by atoms with E-state index in [4.69, 9.17) is 4.99 Å². The first-order valence-electron chi connectivity index (χ1n) is 12.0. The number of rotatable bonds is 12. The van der Waals surface area contributed by atoms with Crippen molar-refractivity contribution in [1.82, 2.24) is 30.3 Å². The van der Waals surface area contributed by atoms with Gasteiger partial charge in [-0.05, 0) is 24.2 Å². The van der Waals surface area contributed by atoms with Crippen LogP contribution in [0.3, 0.4) is 0 Å². The van der Waals surface area contributed by atoms with Crippen LogP contribution in [0, 0.1) is 0 Å². The van der Waals surface area contributed by atoms with E-state index >= 15 is 0 Å². The van der Waals surface area contributed by atoms with Gasteiger partial charge in [-0.1, -0.05) is 81.4 Å². The number of guanidine groups is 1. The summed E-state index contributed by atoms with van der Waals surface area (Å²) in [6, 6.07) is 21.3. The van der Waals surface area contributed by atoms with E-state index in [1.54, 1.807) is 6.33 Å². The van der Waals surface area contributed by atoms with Gasteiger partial charge in [0.15, 0.2) is 5.96 Å². The number of nitrogens with zero attached hydrogens (tertiary/aromatic N) is 5. The lowest BCUT2D eigenvalue weighted by atomic mass is 10.1. The summed E-state index contributed by atoms with van der Waals surface area (Å²) in [5.74, 6) is 1.82. The Morgan fingerprint density at radius 2 is 1.65 bits per heavy atom. The van der Waals surface area contributed by atoms with E-state index in [1.807, 2.05) is 6.07 Å². The van der Waals surface area contributed by atoms with E-state index in [9.17, 15) is 0 Å². The summed E-state index contributed by atoms with van der Waals surface area (Å²) in [7, 11) is 0. The Labute approximate surface area is 221 Å². The van der Waals surface area contributed by atoms with Gasteiger partial charge in [0.05, 0.1) is 12.6 Å². The van der Waals surface area contributed by atoms with E-state index in [0.717, 1.165) is 50.9 Å². The Hall–Kier alpha value is -2.46. The molecule has 1 heterocycles. The standard InChI is InChI=1S/C26H37N7.HI/c1-4-25-31-30-21-33(25)18-17-27-26(28-19-22-13-9-7-10-14-22)29-20-24(32(5-2)6-3)23-15-11-8-12-16-23;/h7-16,21,24H,4-6,17-20H2,1-3H3,(H2,27,28,29);1H. The Bertz CT molecular complexity index is 956. The molecule has 3 aromatic rings. The number of likely N-dealkylation sites (N-methyl/N-ethyl adjacent to an activating group) is 1. The monoisotopic (exact) mass is 575 g/mol. The second-order valence-electron chi connectivity index (χ2n) is 7.90. The van der Waals surface area contributed by atoms with Gasteiger partial charge in [0, 0.05) is 26.1 Å². The van der Waals surface area contributed by atoms with Crippen molar-refractivity contribution >= 4 is 29.9 Å². The molecule has 1 unspecified atom stereocenters. The summed E-state index contributed by atoms with van der Waals surface area (Å²) in [5.41, 5.74) is 2.50. The Morgan fingerprint density at radius 1 is 0.971 bits per heavy atom. The third-order valence-corrected chi connectivity index (χ3v) is 5.82. The fourth-order valence-corrected chi connectivity index (χ4v) is 3.95. The molecule has 0 fully saturated rings. The van der Waals surface area contributed by atoms with Gasteiger partial charge >= 0.3 is 0 Å². The minimum absolute atomic E-state index is 0. The van der Waals surface area contributed by atoms with Crippen LogP contribution < -0.4 is 10.6 Å². The Kier molecular flexibility index (Phi) is 12.6. The topological polar surface area (TPSA) is 70.4 Å². The highest BCUT2D eigenvalue weighted by Crippen LogP contribution is 2.19. The zero-order valence-corrected chi connectivity index (χ0v) is 22.9. The van der Waals surface area contributed by atoms with E-state index in [-0.39, 0.29) is 30.0 Å². The second-order valence-corrected chi connectivity index (χ2v) is 7.90. The molecule has 1 atom stereocenters. The van der Waals surface area contributed by atoms with Crippen LogP contribution in [0.25, 0.3) is 0 Å². The highest BCUT2D eigenvalue weighted by Gasteiger charge is 2.18. The molecule has 0 spiro atoms. The largest absolute Gasteiger partial charge is 0.355 e. The molecule has 2 aromatic carbocycles. The first-order chi connectivity index (χ1) is 16.2. The molecule has 0 amide bonds. The highest BCUT2D eigenvalue weighted by molar-refractivity contribution is 14.0. The number of hydrogen-bond donors (Lipinski definition) is 2. The number of aryl methyl sites for hydroxylation is 1. The summed E-state index contributed by atoms with van der Waals surface area (Å²) >= 11 is 0. The van der Waals surface area contributed by atoms with E-state index in [1.165, 1.54) is 11.1 Å². The van der Waals surface area contributed by atoms with E-state index < -0.39 is 0 Å². The van der Waals surface area contributed by atoms with Gasteiger partial charge in [0.1, 0.15) is 12.2 Å². The third-order valence-electron chi connectivity index (χ3n) is 5.82. The molecule has 34 heavy (non-hydrogen) atoms. The van der Waals surface area contributed by atoms with Crippen LogP contribution in [0.5, 0.6) is 0 Å². The van der Waals surface area contributed by atoms with Crippen LogP contribution in [-0.4, -0.2) is 51.8 Å². The van der Waals surface area contributed by atoms with Crippen molar-refractivity contribution in [1.29, 1.82) is 0 Å². The number of hydrogen-bond acceptors (Lipinski definition) is 4. The molecule has 1 aromatic heterocycles. The fourth-order valence-electron chi connectivity index (χ4n) is 3.95. The van der Waals surface area contributed by atoms with Crippen molar-refractivity contribution in [2.24, 2.45) is 4.99 Å². The number of benzene rings is 2. The van der Waals surface area contributed by atoms with Gasteiger partial charge in [-0.25, -0.2) is 4.99 Å². The first-order valence-corrected chi connectivity index (χ1v) is 12.0. The molecule has 0 bridgehead atoms. The van der Waals surface area contributed by atoms with E-state index in [2.05, 4.69) is 106 Å². The molecule has 8 heteroatoms. The Balaban J connectivity index is 0.00000408. The van der Waals surface area contributed by atoms with Crippen molar-refractivity contribution in [3.05, 3.63) is 83.9 Å². The highest BCUT2D eigenvalue weighted by atomic mass is 127. The molecule has 0 aliphatic heterocycles. The maximum Gasteiger partial charge on any atom is 0.191 e. The molecule has 0 radical (unpaired) electrons. The van der Waals surface area contributed by atoms with Gasteiger partial charge in [-0.3, -0.25) is 4.90 Å². The maximum atomic E-state index is 4.87. The molecule has 3 rings (SSSR count). The van der Waals surface area contributed by atoms with Crippen molar-refractivity contribution in [2.45, 2.75) is 46.3 Å². The maximum absolute atomic E-state index is 4.87. The first kappa shape index (κ1) is 27.8. The van der Waals surface area contributed by atoms with Crippen LogP contribution in [-0.2, 0) is 19.5 Å². The average molecular weight is 576 g/mol. The summed E-state index contributed by atoms with van der Waals surface area (Å²) in [6.45, 7) is 11.5. The number of aromatic nitrogens is 3.